The maximum absolute atomic E-state index is 12.8. The van der Waals surface area contributed by atoms with Gasteiger partial charge in [-0.3, -0.25) is 4.79 Å². The number of carbonyl (C=O) groups is 2. The van der Waals surface area contributed by atoms with Gasteiger partial charge in [-0.2, -0.15) is 0 Å². The van der Waals surface area contributed by atoms with Gasteiger partial charge in [-0.1, -0.05) is 30.4 Å². The molecule has 0 spiro atoms. The quantitative estimate of drug-likeness (QED) is 0.130. The molecule has 3 aromatic carbocycles. The lowest BCUT2D eigenvalue weighted by Crippen LogP contribution is -2.14. The zero-order valence-electron chi connectivity index (χ0n) is 19.8. The van der Waals surface area contributed by atoms with E-state index >= 15 is 0 Å². The molecule has 0 N–H and O–H groups in total. The van der Waals surface area contributed by atoms with Gasteiger partial charge in [0.05, 0.1) is 19.8 Å². The SMILES string of the molecule is COc1cc(/C=C/c2ccc(OC(=O)c3cc(OC(C)=O)ccc3CO[N+](=O)[O-])cc2)cc(OC)c1. The zero-order valence-corrected chi connectivity index (χ0v) is 19.8. The van der Waals surface area contributed by atoms with Gasteiger partial charge in [0.2, 0.25) is 0 Å². The summed E-state index contributed by atoms with van der Waals surface area (Å²) >= 11 is 0. The number of nitrogens with zero attached hydrogens (tertiary/aromatic N) is 1. The monoisotopic (exact) mass is 493 g/mol. The molecule has 10 nitrogen and oxygen atoms in total. The van der Waals surface area contributed by atoms with Gasteiger partial charge in [-0.25, -0.2) is 4.79 Å². The molecular weight excluding hydrogens is 470 g/mol. The molecule has 0 aliphatic heterocycles. The molecule has 10 heteroatoms. The molecule has 0 radical (unpaired) electrons. The van der Waals surface area contributed by atoms with E-state index in [2.05, 4.69) is 4.84 Å². The molecule has 0 saturated carbocycles. The largest absolute Gasteiger partial charge is 0.497 e. The highest BCUT2D eigenvalue weighted by Gasteiger charge is 2.17. The molecule has 0 fully saturated rings. The van der Waals surface area contributed by atoms with Crippen LogP contribution >= 0.6 is 0 Å². The Kier molecular flexibility index (Phi) is 8.60. The van der Waals surface area contributed by atoms with Crippen LogP contribution < -0.4 is 18.9 Å². The van der Waals surface area contributed by atoms with E-state index in [0.29, 0.717) is 11.5 Å². The van der Waals surface area contributed by atoms with Crippen molar-refractivity contribution in [3.63, 3.8) is 0 Å². The third-order valence-corrected chi connectivity index (χ3v) is 4.82. The molecule has 3 aromatic rings. The number of rotatable bonds is 10. The maximum Gasteiger partial charge on any atom is 0.344 e. The first kappa shape index (κ1) is 25.8. The Hall–Kier alpha value is -4.86. The average Bonchev–Trinajstić information content (AvgIpc) is 2.86. The normalized spacial score (nSPS) is 10.5. The fraction of sp³-hybridized carbons (Fsp3) is 0.154. The summed E-state index contributed by atoms with van der Waals surface area (Å²) in [4.78, 5) is 39.0. The van der Waals surface area contributed by atoms with Crippen LogP contribution in [0.3, 0.4) is 0 Å². The Bertz CT molecular complexity index is 1260. The predicted molar refractivity (Wildman–Crippen MR) is 129 cm³/mol. The third-order valence-electron chi connectivity index (χ3n) is 4.82. The molecule has 0 atom stereocenters. The van der Waals surface area contributed by atoms with Gasteiger partial charge in [0.1, 0.15) is 29.6 Å². The van der Waals surface area contributed by atoms with Gasteiger partial charge in [-0.15, -0.1) is 10.1 Å². The molecule has 0 amide bonds. The standard InChI is InChI=1S/C26H23NO9/c1-17(28)35-22-11-8-20(16-34-27(30)31)25(15-22)26(29)36-21-9-6-18(7-10-21)4-5-19-12-23(32-2)14-24(13-19)33-3/h4-15H,16H2,1-3H3/b5-4+. The van der Waals surface area contributed by atoms with E-state index in [1.165, 1.54) is 25.1 Å². The minimum absolute atomic E-state index is 0.0356. The lowest BCUT2D eigenvalue weighted by atomic mass is 10.1. The Morgan fingerprint density at radius 2 is 1.42 bits per heavy atom. The third kappa shape index (κ3) is 7.32. The van der Waals surface area contributed by atoms with Gasteiger partial charge in [0.25, 0.3) is 5.09 Å². The molecule has 0 heterocycles. The van der Waals surface area contributed by atoms with Crippen LogP contribution in [0, 0.1) is 10.1 Å². The van der Waals surface area contributed by atoms with Crippen LogP contribution in [-0.2, 0) is 16.2 Å². The fourth-order valence-electron chi connectivity index (χ4n) is 3.15. The van der Waals surface area contributed by atoms with E-state index in [0.717, 1.165) is 11.1 Å². The summed E-state index contributed by atoms with van der Waals surface area (Å²) in [6.07, 6.45) is 3.75. The van der Waals surface area contributed by atoms with Crippen molar-refractivity contribution in [1.82, 2.24) is 0 Å². The molecule has 186 valence electrons. The Morgan fingerprint density at radius 1 is 0.806 bits per heavy atom. The van der Waals surface area contributed by atoms with Gasteiger partial charge in [0, 0.05) is 13.0 Å². The fourth-order valence-corrected chi connectivity index (χ4v) is 3.15. The van der Waals surface area contributed by atoms with Crippen molar-refractivity contribution in [2.45, 2.75) is 13.5 Å². The van der Waals surface area contributed by atoms with E-state index in [4.69, 9.17) is 18.9 Å². The van der Waals surface area contributed by atoms with Crippen molar-refractivity contribution >= 4 is 24.1 Å². The highest BCUT2D eigenvalue weighted by atomic mass is 16.9. The van der Waals surface area contributed by atoms with Gasteiger partial charge < -0.3 is 23.8 Å². The summed E-state index contributed by atoms with van der Waals surface area (Å²) in [7, 11) is 3.15. The molecule has 0 bridgehead atoms. The molecular formula is C26H23NO9. The number of hydrogen-bond donors (Lipinski definition) is 0. The van der Waals surface area contributed by atoms with Gasteiger partial charge in [0.15, 0.2) is 0 Å². The molecule has 0 aliphatic rings. The van der Waals surface area contributed by atoms with Crippen LogP contribution in [-0.4, -0.2) is 31.2 Å². The van der Waals surface area contributed by atoms with Crippen molar-refractivity contribution in [2.75, 3.05) is 14.2 Å². The molecule has 0 aromatic heterocycles. The van der Waals surface area contributed by atoms with E-state index in [9.17, 15) is 19.7 Å². The van der Waals surface area contributed by atoms with Gasteiger partial charge in [-0.05, 0) is 53.1 Å². The summed E-state index contributed by atoms with van der Waals surface area (Å²) in [5.74, 6) is 0.291. The molecule has 3 rings (SSSR count). The lowest BCUT2D eigenvalue weighted by Gasteiger charge is -2.11. The van der Waals surface area contributed by atoms with Crippen molar-refractivity contribution in [3.05, 3.63) is 93.0 Å². The number of methoxy groups -OCH3 is 2. The smallest absolute Gasteiger partial charge is 0.344 e. The Labute approximate surface area is 206 Å². The summed E-state index contributed by atoms with van der Waals surface area (Å²) < 4.78 is 21.0. The maximum atomic E-state index is 12.8. The van der Waals surface area contributed by atoms with Crippen molar-refractivity contribution < 1.29 is 38.5 Å². The first-order chi connectivity index (χ1) is 17.3. The van der Waals surface area contributed by atoms with E-state index in [-0.39, 0.29) is 22.6 Å². The first-order valence-electron chi connectivity index (χ1n) is 10.6. The minimum Gasteiger partial charge on any atom is -0.497 e. The summed E-state index contributed by atoms with van der Waals surface area (Å²) in [5, 5.41) is 9.61. The summed E-state index contributed by atoms with van der Waals surface area (Å²) in [6.45, 7) is 0.735. The number of benzene rings is 3. The van der Waals surface area contributed by atoms with Crippen LogP contribution in [0.5, 0.6) is 23.0 Å². The zero-order chi connectivity index (χ0) is 26.1. The highest BCUT2D eigenvalue weighted by molar-refractivity contribution is 5.93. The van der Waals surface area contributed by atoms with Crippen LogP contribution in [0.1, 0.15) is 34.0 Å². The second kappa shape index (κ2) is 12.0. The Morgan fingerprint density at radius 3 is 2.00 bits per heavy atom. The van der Waals surface area contributed by atoms with Gasteiger partial charge >= 0.3 is 11.9 Å². The second-order valence-corrected chi connectivity index (χ2v) is 7.35. The average molecular weight is 493 g/mol. The second-order valence-electron chi connectivity index (χ2n) is 7.35. The lowest BCUT2D eigenvalue weighted by molar-refractivity contribution is -0.763. The van der Waals surface area contributed by atoms with Crippen LogP contribution in [0.2, 0.25) is 0 Å². The number of hydrogen-bond acceptors (Lipinski definition) is 9. The first-order valence-corrected chi connectivity index (χ1v) is 10.6. The molecule has 0 unspecified atom stereocenters. The minimum atomic E-state index is -0.969. The van der Waals surface area contributed by atoms with Crippen molar-refractivity contribution in [2.24, 2.45) is 0 Å². The van der Waals surface area contributed by atoms with E-state index in [1.54, 1.807) is 44.6 Å². The summed E-state index contributed by atoms with van der Waals surface area (Å²) in [5.41, 5.74) is 1.87. The van der Waals surface area contributed by atoms with E-state index in [1.807, 2.05) is 24.3 Å². The van der Waals surface area contributed by atoms with Crippen LogP contribution in [0.15, 0.2) is 60.7 Å². The van der Waals surface area contributed by atoms with Crippen LogP contribution in [0.25, 0.3) is 12.2 Å². The summed E-state index contributed by atoms with van der Waals surface area (Å²) in [6, 6.07) is 16.3. The highest BCUT2D eigenvalue weighted by Crippen LogP contribution is 2.25. The van der Waals surface area contributed by atoms with E-state index < -0.39 is 23.6 Å². The number of ether oxygens (including phenoxy) is 4. The van der Waals surface area contributed by atoms with Crippen LogP contribution in [0.4, 0.5) is 0 Å². The van der Waals surface area contributed by atoms with Crippen molar-refractivity contribution in [3.8, 4) is 23.0 Å². The number of carbonyl (C=O) groups excluding carboxylic acids is 2. The molecule has 0 saturated heterocycles. The molecule has 0 aliphatic carbocycles. The number of esters is 2. The predicted octanol–water partition coefficient (Wildman–Crippen LogP) is 4.73. The van der Waals surface area contributed by atoms with Crippen molar-refractivity contribution in [1.29, 1.82) is 0 Å². The topological polar surface area (TPSA) is 123 Å². The molecule has 36 heavy (non-hydrogen) atoms. The Balaban J connectivity index is 1.75.